The fourth-order valence-corrected chi connectivity index (χ4v) is 2.66. The molecule has 0 fully saturated rings. The van der Waals surface area contributed by atoms with Crippen LogP contribution in [0.25, 0.3) is 10.8 Å². The number of methoxy groups -OCH3 is 1. The normalized spacial score (nSPS) is 10.4. The first-order valence-corrected chi connectivity index (χ1v) is 7.97. The average Bonchev–Trinajstić information content (AvgIpc) is 2.66. The summed E-state index contributed by atoms with van der Waals surface area (Å²) in [6.07, 6.45) is 0.136. The van der Waals surface area contributed by atoms with Gasteiger partial charge >= 0.3 is 5.97 Å². The second-order valence-electron chi connectivity index (χ2n) is 5.63. The van der Waals surface area contributed by atoms with Crippen LogP contribution >= 0.6 is 0 Å². The van der Waals surface area contributed by atoms with Crippen LogP contribution in [0.5, 0.6) is 5.75 Å². The molecule has 0 atom stereocenters. The number of carbonyl (C=O) groups is 2. The van der Waals surface area contributed by atoms with Crippen LogP contribution in [0.15, 0.2) is 66.7 Å². The number of Topliss-reactive ketones (excluding diaryl/α,β-unsaturated/α-hetero) is 1. The summed E-state index contributed by atoms with van der Waals surface area (Å²) < 4.78 is 10.2. The van der Waals surface area contributed by atoms with E-state index in [2.05, 4.69) is 0 Å². The van der Waals surface area contributed by atoms with Crippen LogP contribution in [0, 0.1) is 0 Å². The number of esters is 1. The molecule has 0 aliphatic carbocycles. The van der Waals surface area contributed by atoms with Gasteiger partial charge in [0.25, 0.3) is 0 Å². The molecule has 25 heavy (non-hydrogen) atoms. The Kier molecular flexibility index (Phi) is 5.09. The minimum absolute atomic E-state index is 0.136. The SMILES string of the molecule is COc1ccc(C(=O)COC(=O)Cc2cccc3ccccc23)cc1. The predicted octanol–water partition coefficient (Wildman–Crippen LogP) is 3.82. The zero-order chi connectivity index (χ0) is 17.6. The van der Waals surface area contributed by atoms with E-state index >= 15 is 0 Å². The Bertz CT molecular complexity index is 892. The monoisotopic (exact) mass is 334 g/mol. The van der Waals surface area contributed by atoms with Crippen molar-refractivity contribution in [2.45, 2.75) is 6.42 Å². The standard InChI is InChI=1S/C21H18O4/c1-24-18-11-9-16(10-12-18)20(22)14-25-21(23)13-17-7-4-6-15-5-2-3-8-19(15)17/h2-12H,13-14H2,1H3. The van der Waals surface area contributed by atoms with Gasteiger partial charge in [-0.2, -0.15) is 0 Å². The van der Waals surface area contributed by atoms with Crippen LogP contribution in [-0.4, -0.2) is 25.5 Å². The third-order valence-corrected chi connectivity index (χ3v) is 3.99. The highest BCUT2D eigenvalue weighted by atomic mass is 16.5. The second kappa shape index (κ2) is 7.62. The molecular weight excluding hydrogens is 316 g/mol. The van der Waals surface area contributed by atoms with Gasteiger partial charge < -0.3 is 9.47 Å². The summed E-state index contributed by atoms with van der Waals surface area (Å²) in [5.41, 5.74) is 1.37. The Morgan fingerprint density at radius 3 is 2.36 bits per heavy atom. The molecule has 0 heterocycles. The molecule has 3 aromatic rings. The van der Waals surface area contributed by atoms with Gasteiger partial charge in [0, 0.05) is 5.56 Å². The summed E-state index contributed by atoms with van der Waals surface area (Å²) in [7, 11) is 1.56. The first-order valence-electron chi connectivity index (χ1n) is 7.97. The van der Waals surface area contributed by atoms with Gasteiger partial charge in [-0.1, -0.05) is 42.5 Å². The van der Waals surface area contributed by atoms with Crippen molar-refractivity contribution >= 4 is 22.5 Å². The molecule has 0 aromatic heterocycles. The molecule has 0 saturated heterocycles. The Balaban J connectivity index is 1.61. The molecule has 126 valence electrons. The smallest absolute Gasteiger partial charge is 0.310 e. The molecule has 0 radical (unpaired) electrons. The lowest BCUT2D eigenvalue weighted by molar-refractivity contribution is -0.141. The van der Waals surface area contributed by atoms with Crippen LogP contribution in [-0.2, 0) is 16.0 Å². The molecule has 0 spiro atoms. The van der Waals surface area contributed by atoms with Gasteiger partial charge in [-0.05, 0) is 40.6 Å². The average molecular weight is 334 g/mol. The van der Waals surface area contributed by atoms with Crippen molar-refractivity contribution in [1.29, 1.82) is 0 Å². The molecule has 3 rings (SSSR count). The molecule has 0 amide bonds. The van der Waals surface area contributed by atoms with Crippen LogP contribution in [0.2, 0.25) is 0 Å². The van der Waals surface area contributed by atoms with E-state index in [4.69, 9.17) is 9.47 Å². The van der Waals surface area contributed by atoms with Crippen molar-refractivity contribution in [2.75, 3.05) is 13.7 Å². The Morgan fingerprint density at radius 1 is 0.880 bits per heavy atom. The van der Waals surface area contributed by atoms with E-state index in [0.29, 0.717) is 11.3 Å². The maximum absolute atomic E-state index is 12.1. The lowest BCUT2D eigenvalue weighted by Crippen LogP contribution is -2.15. The maximum atomic E-state index is 12.1. The van der Waals surface area contributed by atoms with Crippen molar-refractivity contribution in [3.05, 3.63) is 77.9 Å². The summed E-state index contributed by atoms with van der Waals surface area (Å²) in [4.78, 5) is 24.2. The van der Waals surface area contributed by atoms with Crippen molar-refractivity contribution in [3.8, 4) is 5.75 Å². The van der Waals surface area contributed by atoms with Gasteiger partial charge in [-0.15, -0.1) is 0 Å². The van der Waals surface area contributed by atoms with Crippen molar-refractivity contribution in [2.24, 2.45) is 0 Å². The van der Waals surface area contributed by atoms with E-state index in [1.165, 1.54) is 0 Å². The molecular formula is C21H18O4. The number of hydrogen-bond donors (Lipinski definition) is 0. The molecule has 4 heteroatoms. The lowest BCUT2D eigenvalue weighted by atomic mass is 10.0. The molecule has 0 N–H and O–H groups in total. The number of fused-ring (bicyclic) bond motifs is 1. The van der Waals surface area contributed by atoms with Crippen LogP contribution in [0.3, 0.4) is 0 Å². The van der Waals surface area contributed by atoms with Gasteiger partial charge in [0.1, 0.15) is 5.75 Å². The Labute approximate surface area is 146 Å². The first kappa shape index (κ1) is 16.7. The number of ketones is 1. The van der Waals surface area contributed by atoms with E-state index < -0.39 is 5.97 Å². The van der Waals surface area contributed by atoms with Crippen LogP contribution in [0.1, 0.15) is 15.9 Å². The molecule has 0 aliphatic rings. The molecule has 0 bridgehead atoms. The largest absolute Gasteiger partial charge is 0.497 e. The van der Waals surface area contributed by atoms with Crippen molar-refractivity contribution in [1.82, 2.24) is 0 Å². The number of ether oxygens (including phenoxy) is 2. The Hall–Kier alpha value is -3.14. The van der Waals surface area contributed by atoms with Crippen LogP contribution in [0.4, 0.5) is 0 Å². The summed E-state index contributed by atoms with van der Waals surface area (Å²) in [6.45, 7) is -0.268. The highest BCUT2D eigenvalue weighted by Gasteiger charge is 2.12. The number of hydrogen-bond acceptors (Lipinski definition) is 4. The number of carbonyl (C=O) groups excluding carboxylic acids is 2. The summed E-state index contributed by atoms with van der Waals surface area (Å²) in [6, 6.07) is 20.4. The second-order valence-corrected chi connectivity index (χ2v) is 5.63. The predicted molar refractivity (Wildman–Crippen MR) is 95.9 cm³/mol. The van der Waals surface area contributed by atoms with Gasteiger partial charge in [0.05, 0.1) is 13.5 Å². The topological polar surface area (TPSA) is 52.6 Å². The molecule has 0 unspecified atom stereocenters. The zero-order valence-corrected chi connectivity index (χ0v) is 13.9. The quantitative estimate of drug-likeness (QED) is 0.508. The minimum atomic E-state index is -0.418. The minimum Gasteiger partial charge on any atom is -0.497 e. The number of benzene rings is 3. The van der Waals surface area contributed by atoms with Crippen LogP contribution < -0.4 is 4.74 Å². The fourth-order valence-electron chi connectivity index (χ4n) is 2.66. The highest BCUT2D eigenvalue weighted by Crippen LogP contribution is 2.19. The molecule has 0 aliphatic heterocycles. The fraction of sp³-hybridized carbons (Fsp3) is 0.143. The van der Waals surface area contributed by atoms with Gasteiger partial charge in [0.15, 0.2) is 12.4 Å². The first-order chi connectivity index (χ1) is 12.2. The van der Waals surface area contributed by atoms with Crippen molar-refractivity contribution in [3.63, 3.8) is 0 Å². The Morgan fingerprint density at radius 2 is 1.60 bits per heavy atom. The van der Waals surface area contributed by atoms with Gasteiger partial charge in [0.2, 0.25) is 0 Å². The van der Waals surface area contributed by atoms with Gasteiger partial charge in [-0.3, -0.25) is 9.59 Å². The van der Waals surface area contributed by atoms with E-state index in [1.54, 1.807) is 31.4 Å². The van der Waals surface area contributed by atoms with E-state index in [9.17, 15) is 9.59 Å². The van der Waals surface area contributed by atoms with Gasteiger partial charge in [-0.25, -0.2) is 0 Å². The zero-order valence-electron chi connectivity index (χ0n) is 13.9. The molecule has 0 saturated carbocycles. The third-order valence-electron chi connectivity index (χ3n) is 3.99. The van der Waals surface area contributed by atoms with E-state index in [0.717, 1.165) is 16.3 Å². The third kappa shape index (κ3) is 4.04. The lowest BCUT2D eigenvalue weighted by Gasteiger charge is -2.07. The number of rotatable bonds is 6. The highest BCUT2D eigenvalue weighted by molar-refractivity contribution is 5.98. The summed E-state index contributed by atoms with van der Waals surface area (Å²) >= 11 is 0. The van der Waals surface area contributed by atoms with E-state index in [1.807, 2.05) is 42.5 Å². The molecule has 3 aromatic carbocycles. The molecule has 4 nitrogen and oxygen atoms in total. The van der Waals surface area contributed by atoms with Crippen molar-refractivity contribution < 1.29 is 19.1 Å². The maximum Gasteiger partial charge on any atom is 0.310 e. The van der Waals surface area contributed by atoms with E-state index in [-0.39, 0.29) is 18.8 Å². The summed E-state index contributed by atoms with van der Waals surface area (Å²) in [5, 5.41) is 2.09. The summed E-state index contributed by atoms with van der Waals surface area (Å²) in [5.74, 6) is 0.0108.